The van der Waals surface area contributed by atoms with Gasteiger partial charge in [0.05, 0.1) is 12.2 Å². The highest BCUT2D eigenvalue weighted by atomic mass is 32.2. The Kier molecular flexibility index (Phi) is 5.46. The fourth-order valence-corrected chi connectivity index (χ4v) is 4.13. The maximum atomic E-state index is 12.4. The van der Waals surface area contributed by atoms with Crippen LogP contribution in [0.15, 0.2) is 53.4 Å². The number of hydrogen-bond acceptors (Lipinski definition) is 3. The molecular formula is C20H24N2OS. The van der Waals surface area contributed by atoms with Gasteiger partial charge in [0.25, 0.3) is 0 Å². The number of nitrogens with one attached hydrogen (secondary N) is 1. The molecule has 0 aromatic heterocycles. The zero-order chi connectivity index (χ0) is 16.9. The van der Waals surface area contributed by atoms with Crippen molar-refractivity contribution in [3.05, 3.63) is 59.7 Å². The monoisotopic (exact) mass is 340 g/mol. The van der Waals surface area contributed by atoms with E-state index < -0.39 is 0 Å². The zero-order valence-corrected chi connectivity index (χ0v) is 15.1. The molecule has 0 spiro atoms. The predicted octanol–water partition coefficient (Wildman–Crippen LogP) is 4.00. The van der Waals surface area contributed by atoms with Crippen LogP contribution in [-0.2, 0) is 11.3 Å². The second-order valence-electron chi connectivity index (χ2n) is 6.26. The van der Waals surface area contributed by atoms with Crippen molar-refractivity contribution >= 4 is 23.4 Å². The summed E-state index contributed by atoms with van der Waals surface area (Å²) in [6.45, 7) is 6.20. The minimum absolute atomic E-state index is 0.0760. The number of carbonyl (C=O) groups excluding carboxylic acids is 1. The van der Waals surface area contributed by atoms with E-state index in [4.69, 9.17) is 0 Å². The lowest BCUT2D eigenvalue weighted by Gasteiger charge is -2.34. The molecule has 0 bridgehead atoms. The molecule has 0 saturated carbocycles. The minimum atomic E-state index is 0.0760. The van der Waals surface area contributed by atoms with Crippen LogP contribution in [0.25, 0.3) is 0 Å². The smallest absolute Gasteiger partial charge is 0.239 e. The van der Waals surface area contributed by atoms with Gasteiger partial charge in [0.2, 0.25) is 5.91 Å². The zero-order valence-electron chi connectivity index (χ0n) is 14.3. The quantitative estimate of drug-likeness (QED) is 0.893. The third kappa shape index (κ3) is 4.12. The molecule has 4 heteroatoms. The van der Waals surface area contributed by atoms with Gasteiger partial charge in [0.1, 0.15) is 0 Å². The third-order valence-corrected chi connectivity index (χ3v) is 5.74. The van der Waals surface area contributed by atoms with E-state index in [9.17, 15) is 4.79 Å². The molecule has 1 aliphatic rings. The van der Waals surface area contributed by atoms with Crippen LogP contribution in [0, 0.1) is 6.92 Å². The number of aryl methyl sites for hydroxylation is 1. The van der Waals surface area contributed by atoms with Crippen molar-refractivity contribution in [3.63, 3.8) is 0 Å². The minimum Gasteiger partial charge on any atom is -0.360 e. The van der Waals surface area contributed by atoms with Gasteiger partial charge in [0.15, 0.2) is 0 Å². The van der Waals surface area contributed by atoms with Crippen LogP contribution in [0.4, 0.5) is 5.69 Å². The molecule has 2 aromatic carbocycles. The number of benzene rings is 2. The molecular weight excluding hydrogens is 316 g/mol. The van der Waals surface area contributed by atoms with Gasteiger partial charge in [-0.3, -0.25) is 4.79 Å². The highest BCUT2D eigenvalue weighted by Crippen LogP contribution is 2.39. The van der Waals surface area contributed by atoms with E-state index in [0.29, 0.717) is 18.3 Å². The van der Waals surface area contributed by atoms with Gasteiger partial charge in [0, 0.05) is 23.2 Å². The molecule has 1 amide bonds. The molecule has 126 valence electrons. The summed E-state index contributed by atoms with van der Waals surface area (Å²) in [5.74, 6) is 0.0760. The first-order valence-corrected chi connectivity index (χ1v) is 9.36. The molecule has 1 N–H and O–H groups in total. The largest absolute Gasteiger partial charge is 0.360 e. The number of nitrogens with zero attached hydrogens (tertiary/aromatic N) is 1. The maximum Gasteiger partial charge on any atom is 0.239 e. The van der Waals surface area contributed by atoms with Crippen molar-refractivity contribution in [2.45, 2.75) is 37.0 Å². The Balaban J connectivity index is 1.62. The van der Waals surface area contributed by atoms with Crippen molar-refractivity contribution in [2.75, 3.05) is 18.0 Å². The Morgan fingerprint density at radius 2 is 1.96 bits per heavy atom. The van der Waals surface area contributed by atoms with Crippen LogP contribution >= 0.6 is 11.8 Å². The summed E-state index contributed by atoms with van der Waals surface area (Å²) in [7, 11) is 0. The highest BCUT2D eigenvalue weighted by molar-refractivity contribution is 8.00. The lowest BCUT2D eigenvalue weighted by atomic mass is 10.1. The van der Waals surface area contributed by atoms with Crippen molar-refractivity contribution in [3.8, 4) is 0 Å². The molecule has 0 radical (unpaired) electrons. The molecule has 2 aromatic rings. The van der Waals surface area contributed by atoms with Crippen molar-refractivity contribution < 1.29 is 4.79 Å². The van der Waals surface area contributed by atoms with Gasteiger partial charge in [-0.05, 0) is 31.0 Å². The first-order chi connectivity index (χ1) is 11.7. The second-order valence-corrected chi connectivity index (χ2v) is 7.60. The average Bonchev–Trinajstić information content (AvgIpc) is 2.61. The van der Waals surface area contributed by atoms with Crippen molar-refractivity contribution in [1.82, 2.24) is 5.32 Å². The van der Waals surface area contributed by atoms with E-state index in [1.165, 1.54) is 16.1 Å². The number of thioether (sulfide) groups is 1. The van der Waals surface area contributed by atoms with Crippen LogP contribution in [0.5, 0.6) is 0 Å². The van der Waals surface area contributed by atoms with Crippen LogP contribution in [0.1, 0.15) is 24.5 Å². The van der Waals surface area contributed by atoms with Crippen LogP contribution < -0.4 is 10.2 Å². The van der Waals surface area contributed by atoms with Crippen LogP contribution in [-0.4, -0.2) is 24.2 Å². The first-order valence-electron chi connectivity index (χ1n) is 8.48. The summed E-state index contributed by atoms with van der Waals surface area (Å²) >= 11 is 1.93. The summed E-state index contributed by atoms with van der Waals surface area (Å²) in [5.41, 5.74) is 3.55. The number of para-hydroxylation sites is 1. The Morgan fingerprint density at radius 1 is 1.21 bits per heavy atom. The molecule has 0 fully saturated rings. The van der Waals surface area contributed by atoms with Gasteiger partial charge < -0.3 is 10.2 Å². The number of hydrogen-bond donors (Lipinski definition) is 1. The molecule has 0 unspecified atom stereocenters. The third-order valence-electron chi connectivity index (χ3n) is 4.32. The molecule has 1 aliphatic heterocycles. The summed E-state index contributed by atoms with van der Waals surface area (Å²) < 4.78 is 0. The Bertz CT molecular complexity index is 699. The van der Waals surface area contributed by atoms with E-state index >= 15 is 0 Å². The van der Waals surface area contributed by atoms with Crippen LogP contribution in [0.2, 0.25) is 0 Å². The summed E-state index contributed by atoms with van der Waals surface area (Å²) in [6.07, 6.45) is 1.11. The molecule has 3 rings (SSSR count). The molecule has 3 nitrogen and oxygen atoms in total. The number of amides is 1. The lowest BCUT2D eigenvalue weighted by molar-refractivity contribution is -0.119. The lowest BCUT2D eigenvalue weighted by Crippen LogP contribution is -2.42. The fourth-order valence-electron chi connectivity index (χ4n) is 2.88. The first kappa shape index (κ1) is 16.9. The Labute approximate surface area is 148 Å². The molecule has 0 aliphatic carbocycles. The van der Waals surface area contributed by atoms with E-state index in [-0.39, 0.29) is 5.91 Å². The van der Waals surface area contributed by atoms with E-state index in [1.807, 2.05) is 17.8 Å². The van der Waals surface area contributed by atoms with Gasteiger partial charge in [-0.2, -0.15) is 0 Å². The number of carbonyl (C=O) groups is 1. The molecule has 24 heavy (non-hydrogen) atoms. The number of anilines is 1. The second kappa shape index (κ2) is 7.75. The van der Waals surface area contributed by atoms with E-state index in [1.54, 1.807) is 0 Å². The molecule has 0 saturated heterocycles. The summed E-state index contributed by atoms with van der Waals surface area (Å²) in [4.78, 5) is 15.9. The summed E-state index contributed by atoms with van der Waals surface area (Å²) in [6, 6.07) is 16.7. The molecule has 1 heterocycles. The Morgan fingerprint density at radius 3 is 2.71 bits per heavy atom. The van der Waals surface area contributed by atoms with Crippen molar-refractivity contribution in [1.29, 1.82) is 0 Å². The SMILES string of the molecule is CC[C@H]1CN(CC(=O)NCc2ccc(C)cc2)c2ccccc2S1. The van der Waals surface area contributed by atoms with E-state index in [2.05, 4.69) is 66.5 Å². The van der Waals surface area contributed by atoms with Crippen molar-refractivity contribution in [2.24, 2.45) is 0 Å². The molecule has 1 atom stereocenters. The predicted molar refractivity (Wildman–Crippen MR) is 102 cm³/mol. The van der Waals surface area contributed by atoms with Crippen LogP contribution in [0.3, 0.4) is 0 Å². The summed E-state index contributed by atoms with van der Waals surface area (Å²) in [5, 5.41) is 3.59. The highest BCUT2D eigenvalue weighted by Gasteiger charge is 2.25. The van der Waals surface area contributed by atoms with Gasteiger partial charge >= 0.3 is 0 Å². The van der Waals surface area contributed by atoms with Gasteiger partial charge in [-0.15, -0.1) is 11.8 Å². The van der Waals surface area contributed by atoms with Gasteiger partial charge in [-0.1, -0.05) is 48.9 Å². The average molecular weight is 340 g/mol. The standard InChI is InChI=1S/C20H24N2OS/c1-3-17-13-22(18-6-4-5-7-19(18)24-17)14-20(23)21-12-16-10-8-15(2)9-11-16/h4-11,17H,3,12-14H2,1-2H3,(H,21,23)/t17-/m0/s1. The number of fused-ring (bicyclic) bond motifs is 1. The Hall–Kier alpha value is -1.94. The fraction of sp³-hybridized carbons (Fsp3) is 0.350. The number of rotatable bonds is 5. The maximum absolute atomic E-state index is 12.4. The topological polar surface area (TPSA) is 32.3 Å². The van der Waals surface area contributed by atoms with Gasteiger partial charge in [-0.25, -0.2) is 0 Å². The van der Waals surface area contributed by atoms with E-state index in [0.717, 1.165) is 18.5 Å². The normalized spacial score (nSPS) is 16.6.